The van der Waals surface area contributed by atoms with Gasteiger partial charge in [0, 0.05) is 23.7 Å². The van der Waals surface area contributed by atoms with E-state index < -0.39 is 17.7 Å². The lowest BCUT2D eigenvalue weighted by molar-refractivity contribution is -0.132. The molecular formula is C35H24N4O4S2. The Labute approximate surface area is 266 Å². The van der Waals surface area contributed by atoms with Crippen LogP contribution in [0, 0.1) is 0 Å². The number of nitrogens with zero attached hydrogens (tertiary/aromatic N) is 4. The number of hydrogen-bond donors (Lipinski definition) is 1. The van der Waals surface area contributed by atoms with Gasteiger partial charge in [-0.25, -0.2) is 0 Å². The van der Waals surface area contributed by atoms with E-state index >= 15 is 0 Å². The SMILES string of the molecule is O=C1C(=O)N(c2nnc(SCc3cccc4ccccc34)s2)C(c2cccc(Oc3ccccc3)c2)/C1=C(\O)c1ccncc1. The Hall–Kier alpha value is -5.32. The number of Topliss-reactive ketones (excluding diaryl/α,β-unsaturated/α-hetero) is 1. The molecule has 0 spiro atoms. The van der Waals surface area contributed by atoms with Crippen molar-refractivity contribution in [3.63, 3.8) is 0 Å². The zero-order chi connectivity index (χ0) is 30.8. The second kappa shape index (κ2) is 12.4. The number of amides is 1. The van der Waals surface area contributed by atoms with E-state index in [0.29, 0.717) is 32.7 Å². The highest BCUT2D eigenvalue weighted by molar-refractivity contribution is 8.00. The van der Waals surface area contributed by atoms with Crippen LogP contribution in [0.4, 0.5) is 5.13 Å². The maximum atomic E-state index is 13.7. The minimum Gasteiger partial charge on any atom is -0.507 e. The Morgan fingerprint density at radius 2 is 1.58 bits per heavy atom. The monoisotopic (exact) mass is 628 g/mol. The number of carbonyl (C=O) groups excluding carboxylic acids is 2. The fraction of sp³-hybridized carbons (Fsp3) is 0.0571. The normalized spacial score (nSPS) is 15.9. The molecule has 6 aromatic rings. The molecule has 220 valence electrons. The van der Waals surface area contributed by atoms with E-state index in [2.05, 4.69) is 39.4 Å². The third-order valence-electron chi connectivity index (χ3n) is 7.38. The number of anilines is 1. The number of para-hydroxylation sites is 1. The number of hydrogen-bond acceptors (Lipinski definition) is 9. The summed E-state index contributed by atoms with van der Waals surface area (Å²) in [5, 5.41) is 22.7. The van der Waals surface area contributed by atoms with Gasteiger partial charge in [-0.1, -0.05) is 95.9 Å². The molecular weight excluding hydrogens is 605 g/mol. The Kier molecular flexibility index (Phi) is 7.81. The van der Waals surface area contributed by atoms with Crippen LogP contribution in [-0.4, -0.2) is 32.0 Å². The van der Waals surface area contributed by atoms with Crippen LogP contribution in [0.25, 0.3) is 16.5 Å². The topological polar surface area (TPSA) is 106 Å². The molecule has 1 aliphatic rings. The first-order valence-corrected chi connectivity index (χ1v) is 15.8. The van der Waals surface area contributed by atoms with Gasteiger partial charge in [0.25, 0.3) is 5.78 Å². The van der Waals surface area contributed by atoms with Crippen LogP contribution in [0.2, 0.25) is 0 Å². The van der Waals surface area contributed by atoms with Gasteiger partial charge >= 0.3 is 5.91 Å². The van der Waals surface area contributed by atoms with Crippen molar-refractivity contribution in [3.8, 4) is 11.5 Å². The van der Waals surface area contributed by atoms with Gasteiger partial charge in [0.05, 0.1) is 11.6 Å². The van der Waals surface area contributed by atoms with E-state index in [-0.39, 0.29) is 16.5 Å². The number of thioether (sulfide) groups is 1. The highest BCUT2D eigenvalue weighted by atomic mass is 32.2. The highest BCUT2D eigenvalue weighted by Crippen LogP contribution is 2.45. The summed E-state index contributed by atoms with van der Waals surface area (Å²) < 4.78 is 6.71. The number of benzene rings is 4. The number of rotatable bonds is 8. The van der Waals surface area contributed by atoms with Crippen LogP contribution in [0.1, 0.15) is 22.7 Å². The number of aromatic nitrogens is 3. The minimum atomic E-state index is -0.971. The molecule has 1 saturated heterocycles. The number of ether oxygens (including phenoxy) is 1. The molecule has 3 heterocycles. The molecule has 0 aliphatic carbocycles. The molecule has 1 N–H and O–H groups in total. The van der Waals surface area contributed by atoms with Crippen LogP contribution >= 0.6 is 23.1 Å². The lowest BCUT2D eigenvalue weighted by Crippen LogP contribution is -2.29. The molecule has 1 unspecified atom stereocenters. The van der Waals surface area contributed by atoms with Gasteiger partial charge in [0.2, 0.25) is 5.13 Å². The largest absolute Gasteiger partial charge is 0.507 e. The third-order valence-corrected chi connectivity index (χ3v) is 9.49. The smallest absolute Gasteiger partial charge is 0.301 e. The van der Waals surface area contributed by atoms with E-state index in [1.54, 1.807) is 36.4 Å². The molecule has 4 aromatic carbocycles. The fourth-order valence-electron chi connectivity index (χ4n) is 5.30. The lowest BCUT2D eigenvalue weighted by atomic mass is 9.95. The van der Waals surface area contributed by atoms with Crippen molar-refractivity contribution in [2.45, 2.75) is 16.1 Å². The number of pyridine rings is 1. The van der Waals surface area contributed by atoms with Crippen molar-refractivity contribution in [2.24, 2.45) is 0 Å². The van der Waals surface area contributed by atoms with E-state index in [0.717, 1.165) is 16.3 Å². The molecule has 0 saturated carbocycles. The van der Waals surface area contributed by atoms with Crippen molar-refractivity contribution in [3.05, 3.63) is 144 Å². The summed E-state index contributed by atoms with van der Waals surface area (Å²) in [5.74, 6) is -0.114. The average Bonchev–Trinajstić information content (AvgIpc) is 3.66. The molecule has 2 aromatic heterocycles. The third kappa shape index (κ3) is 5.68. The summed E-state index contributed by atoms with van der Waals surface area (Å²) in [5.41, 5.74) is 2.04. The highest BCUT2D eigenvalue weighted by Gasteiger charge is 2.48. The van der Waals surface area contributed by atoms with Gasteiger partial charge in [-0.15, -0.1) is 10.2 Å². The first-order valence-electron chi connectivity index (χ1n) is 14.0. The molecule has 10 heteroatoms. The lowest BCUT2D eigenvalue weighted by Gasteiger charge is -2.23. The van der Waals surface area contributed by atoms with Crippen molar-refractivity contribution >= 4 is 56.5 Å². The molecule has 45 heavy (non-hydrogen) atoms. The van der Waals surface area contributed by atoms with Gasteiger partial charge in [-0.05, 0) is 58.3 Å². The molecule has 8 nitrogen and oxygen atoms in total. The summed E-state index contributed by atoms with van der Waals surface area (Å²) in [6.07, 6.45) is 3.03. The summed E-state index contributed by atoms with van der Waals surface area (Å²) in [4.78, 5) is 32.6. The number of fused-ring (bicyclic) bond motifs is 1. The van der Waals surface area contributed by atoms with E-state index in [1.165, 1.54) is 40.4 Å². The Morgan fingerprint density at radius 3 is 2.42 bits per heavy atom. The number of carbonyl (C=O) groups is 2. The molecule has 7 rings (SSSR count). The quantitative estimate of drug-likeness (QED) is 0.0599. The number of aliphatic hydroxyl groups excluding tert-OH is 1. The van der Waals surface area contributed by atoms with Gasteiger partial charge in [-0.3, -0.25) is 19.5 Å². The maximum absolute atomic E-state index is 13.7. The Morgan fingerprint density at radius 1 is 0.844 bits per heavy atom. The fourth-order valence-corrected chi connectivity index (χ4v) is 7.17. The molecule has 0 radical (unpaired) electrons. The number of ketones is 1. The van der Waals surface area contributed by atoms with Crippen LogP contribution < -0.4 is 9.64 Å². The summed E-state index contributed by atoms with van der Waals surface area (Å²) in [6, 6.07) is 33.0. The second-order valence-corrected chi connectivity index (χ2v) is 12.3. The first-order chi connectivity index (χ1) is 22.1. The van der Waals surface area contributed by atoms with Crippen molar-refractivity contribution in [1.29, 1.82) is 0 Å². The van der Waals surface area contributed by atoms with Gasteiger partial charge in [-0.2, -0.15) is 0 Å². The molecule has 1 aliphatic heterocycles. The Balaban J connectivity index is 1.26. The van der Waals surface area contributed by atoms with Gasteiger partial charge < -0.3 is 9.84 Å². The first kappa shape index (κ1) is 28.5. The van der Waals surface area contributed by atoms with E-state index in [1.807, 2.05) is 48.5 Å². The van der Waals surface area contributed by atoms with Crippen LogP contribution in [-0.2, 0) is 15.3 Å². The van der Waals surface area contributed by atoms with Gasteiger partial charge in [0.1, 0.15) is 17.3 Å². The van der Waals surface area contributed by atoms with Crippen LogP contribution in [0.15, 0.2) is 132 Å². The molecule has 1 amide bonds. The minimum absolute atomic E-state index is 0.0526. The summed E-state index contributed by atoms with van der Waals surface area (Å²) in [7, 11) is 0. The van der Waals surface area contributed by atoms with Crippen molar-refractivity contribution in [2.75, 3.05) is 4.90 Å². The predicted octanol–water partition coefficient (Wildman–Crippen LogP) is 7.80. The summed E-state index contributed by atoms with van der Waals surface area (Å²) >= 11 is 2.73. The van der Waals surface area contributed by atoms with E-state index in [9.17, 15) is 14.7 Å². The van der Waals surface area contributed by atoms with Crippen molar-refractivity contribution < 1.29 is 19.4 Å². The predicted molar refractivity (Wildman–Crippen MR) is 175 cm³/mol. The molecule has 1 fully saturated rings. The average molecular weight is 629 g/mol. The Bertz CT molecular complexity index is 2060. The van der Waals surface area contributed by atoms with Crippen molar-refractivity contribution in [1.82, 2.24) is 15.2 Å². The zero-order valence-corrected chi connectivity index (χ0v) is 25.2. The van der Waals surface area contributed by atoms with Crippen LogP contribution in [0.3, 0.4) is 0 Å². The van der Waals surface area contributed by atoms with E-state index in [4.69, 9.17) is 4.74 Å². The van der Waals surface area contributed by atoms with Crippen LogP contribution in [0.5, 0.6) is 11.5 Å². The zero-order valence-electron chi connectivity index (χ0n) is 23.6. The maximum Gasteiger partial charge on any atom is 0.301 e. The molecule has 0 bridgehead atoms. The second-order valence-electron chi connectivity index (χ2n) is 10.2. The molecule has 1 atom stereocenters. The standard InChI is InChI=1S/C35H24N4O4S2/c40-31(23-16-18-36-19-17-23)29-30(24-10-7-14-27(20-24)43-26-12-2-1-3-13-26)39(33(42)32(29)41)34-37-38-35(45-34)44-21-25-11-6-9-22-8-4-5-15-28(22)25/h1-20,30,40H,21H2/b31-29+. The number of aliphatic hydroxyl groups is 1. The van der Waals surface area contributed by atoms with Gasteiger partial charge in [0.15, 0.2) is 4.34 Å². The summed E-state index contributed by atoms with van der Waals surface area (Å²) in [6.45, 7) is 0.